The molecule has 0 saturated carbocycles. The Morgan fingerprint density at radius 3 is 2.67 bits per heavy atom. The van der Waals surface area contributed by atoms with Crippen LogP contribution >= 0.6 is 0 Å². The van der Waals surface area contributed by atoms with Gasteiger partial charge in [-0.15, -0.1) is 0 Å². The molecule has 108 valence electrons. The number of aromatic amines is 1. The van der Waals surface area contributed by atoms with E-state index in [9.17, 15) is 0 Å². The lowest BCUT2D eigenvalue weighted by atomic mass is 10.3. The Balaban J connectivity index is 1.86. The first-order valence-corrected chi connectivity index (χ1v) is 6.62. The van der Waals surface area contributed by atoms with Crippen molar-refractivity contribution >= 4 is 28.6 Å². The van der Waals surface area contributed by atoms with Gasteiger partial charge < -0.3 is 20.8 Å². The number of ether oxygens (including phenoxy) is 1. The van der Waals surface area contributed by atoms with Gasteiger partial charge in [0.1, 0.15) is 11.3 Å². The molecule has 2 aromatic heterocycles. The Morgan fingerprint density at radius 1 is 1.19 bits per heavy atom. The van der Waals surface area contributed by atoms with Gasteiger partial charge >= 0.3 is 0 Å². The van der Waals surface area contributed by atoms with E-state index in [1.165, 1.54) is 0 Å². The summed E-state index contributed by atoms with van der Waals surface area (Å²) in [4.78, 5) is 15.3. The van der Waals surface area contributed by atoms with Crippen LogP contribution in [0.15, 0.2) is 30.6 Å². The third kappa shape index (κ3) is 2.86. The Kier molecular flexibility index (Phi) is 3.31. The number of benzene rings is 1. The van der Waals surface area contributed by atoms with Gasteiger partial charge in [0.05, 0.1) is 12.4 Å². The highest BCUT2D eigenvalue weighted by molar-refractivity contribution is 5.85. The summed E-state index contributed by atoms with van der Waals surface area (Å²) in [6.45, 7) is 3.98. The highest BCUT2D eigenvalue weighted by atomic mass is 16.5. The van der Waals surface area contributed by atoms with E-state index in [0.717, 1.165) is 11.4 Å². The molecule has 0 aliphatic heterocycles. The lowest BCUT2D eigenvalue weighted by Crippen LogP contribution is -2.05. The predicted molar refractivity (Wildman–Crippen MR) is 81.6 cm³/mol. The number of nitrogens with zero attached hydrogens (tertiary/aromatic N) is 3. The van der Waals surface area contributed by atoms with Crippen LogP contribution in [0.5, 0.6) is 5.75 Å². The third-order valence-electron chi connectivity index (χ3n) is 2.79. The van der Waals surface area contributed by atoms with E-state index >= 15 is 0 Å². The molecule has 1 aromatic carbocycles. The zero-order valence-corrected chi connectivity index (χ0v) is 11.8. The normalized spacial score (nSPS) is 11.0. The molecular formula is C14H16N6O. The molecule has 0 aliphatic rings. The Hall–Kier alpha value is -2.83. The van der Waals surface area contributed by atoms with E-state index in [1.54, 1.807) is 6.33 Å². The van der Waals surface area contributed by atoms with Gasteiger partial charge in [-0.1, -0.05) is 0 Å². The summed E-state index contributed by atoms with van der Waals surface area (Å²) in [5, 5.41) is 3.20. The largest absolute Gasteiger partial charge is 0.491 e. The van der Waals surface area contributed by atoms with Gasteiger partial charge in [-0.05, 0) is 38.1 Å². The second kappa shape index (κ2) is 5.28. The number of aromatic nitrogens is 4. The fraction of sp³-hybridized carbons (Fsp3) is 0.214. The first kappa shape index (κ1) is 13.2. The van der Waals surface area contributed by atoms with Crippen LogP contribution in [-0.2, 0) is 0 Å². The molecule has 0 amide bonds. The average molecular weight is 284 g/mol. The van der Waals surface area contributed by atoms with Crippen LogP contribution in [0.25, 0.3) is 11.2 Å². The smallest absolute Gasteiger partial charge is 0.224 e. The molecule has 0 fully saturated rings. The number of hydrogen-bond acceptors (Lipinski definition) is 6. The van der Waals surface area contributed by atoms with Gasteiger partial charge in [0.15, 0.2) is 11.5 Å². The average Bonchev–Trinajstić information content (AvgIpc) is 2.88. The lowest BCUT2D eigenvalue weighted by molar-refractivity contribution is 0.242. The Morgan fingerprint density at radius 2 is 1.95 bits per heavy atom. The Labute approximate surface area is 121 Å². The molecule has 0 spiro atoms. The molecule has 0 saturated heterocycles. The van der Waals surface area contributed by atoms with Crippen molar-refractivity contribution in [2.75, 3.05) is 11.1 Å². The van der Waals surface area contributed by atoms with Crippen LogP contribution in [0, 0.1) is 0 Å². The molecule has 21 heavy (non-hydrogen) atoms. The van der Waals surface area contributed by atoms with E-state index < -0.39 is 0 Å². The second-order valence-corrected chi connectivity index (χ2v) is 4.85. The fourth-order valence-corrected chi connectivity index (χ4v) is 1.97. The van der Waals surface area contributed by atoms with Gasteiger partial charge in [-0.25, -0.2) is 4.98 Å². The van der Waals surface area contributed by atoms with E-state index in [2.05, 4.69) is 25.3 Å². The standard InChI is InChI=1S/C14H16N6O/c1-8(2)21-10-5-3-9(4-6-10)18-13-11-12(17-7-16-11)19-14(15)20-13/h3-8H,1-2H3,(H4,15,16,17,18,19,20). The van der Waals surface area contributed by atoms with Gasteiger partial charge in [0.25, 0.3) is 0 Å². The van der Waals surface area contributed by atoms with Gasteiger partial charge in [0, 0.05) is 5.69 Å². The van der Waals surface area contributed by atoms with Crippen LogP contribution in [0.1, 0.15) is 13.8 Å². The van der Waals surface area contributed by atoms with Gasteiger partial charge in [-0.2, -0.15) is 9.97 Å². The second-order valence-electron chi connectivity index (χ2n) is 4.85. The molecule has 0 radical (unpaired) electrons. The highest BCUT2D eigenvalue weighted by Gasteiger charge is 2.08. The van der Waals surface area contributed by atoms with Crippen molar-refractivity contribution in [1.82, 2.24) is 19.9 Å². The molecule has 0 atom stereocenters. The molecule has 3 rings (SSSR count). The summed E-state index contributed by atoms with van der Waals surface area (Å²) in [5.41, 5.74) is 7.80. The predicted octanol–water partition coefficient (Wildman–Crippen LogP) is 2.47. The number of fused-ring (bicyclic) bond motifs is 1. The number of imidazole rings is 1. The maximum absolute atomic E-state index is 5.68. The van der Waals surface area contributed by atoms with Crippen molar-refractivity contribution in [3.8, 4) is 5.75 Å². The first-order valence-electron chi connectivity index (χ1n) is 6.62. The van der Waals surface area contributed by atoms with Crippen LogP contribution in [0.3, 0.4) is 0 Å². The zero-order valence-electron chi connectivity index (χ0n) is 11.8. The maximum atomic E-state index is 5.68. The molecule has 0 bridgehead atoms. The summed E-state index contributed by atoms with van der Waals surface area (Å²) in [6.07, 6.45) is 1.71. The van der Waals surface area contributed by atoms with Crippen molar-refractivity contribution in [1.29, 1.82) is 0 Å². The van der Waals surface area contributed by atoms with Crippen molar-refractivity contribution in [3.05, 3.63) is 30.6 Å². The monoisotopic (exact) mass is 284 g/mol. The quantitative estimate of drug-likeness (QED) is 0.680. The molecule has 4 N–H and O–H groups in total. The summed E-state index contributed by atoms with van der Waals surface area (Å²) in [7, 11) is 0. The van der Waals surface area contributed by atoms with E-state index in [0.29, 0.717) is 17.0 Å². The van der Waals surface area contributed by atoms with Crippen LogP contribution in [-0.4, -0.2) is 26.0 Å². The molecule has 2 heterocycles. The number of H-pyrrole nitrogens is 1. The first-order chi connectivity index (χ1) is 10.1. The minimum absolute atomic E-state index is 0.148. The van der Waals surface area contributed by atoms with Crippen molar-refractivity contribution in [2.45, 2.75) is 20.0 Å². The molecule has 0 unspecified atom stereocenters. The van der Waals surface area contributed by atoms with E-state index in [4.69, 9.17) is 10.5 Å². The lowest BCUT2D eigenvalue weighted by Gasteiger charge is -2.11. The highest BCUT2D eigenvalue weighted by Crippen LogP contribution is 2.23. The summed E-state index contributed by atoms with van der Waals surface area (Å²) >= 11 is 0. The maximum Gasteiger partial charge on any atom is 0.224 e. The topological polar surface area (TPSA) is 102 Å². The van der Waals surface area contributed by atoms with Crippen molar-refractivity contribution < 1.29 is 4.74 Å². The summed E-state index contributed by atoms with van der Waals surface area (Å²) in [5.74, 6) is 1.59. The minimum atomic E-state index is 0.148. The Bertz CT molecular complexity index is 750. The van der Waals surface area contributed by atoms with Gasteiger partial charge in [-0.3, -0.25) is 0 Å². The summed E-state index contributed by atoms with van der Waals surface area (Å²) < 4.78 is 5.61. The molecular weight excluding hydrogens is 268 g/mol. The summed E-state index contributed by atoms with van der Waals surface area (Å²) in [6, 6.07) is 7.63. The molecule has 3 aromatic rings. The van der Waals surface area contributed by atoms with E-state index in [1.807, 2.05) is 38.1 Å². The minimum Gasteiger partial charge on any atom is -0.491 e. The fourth-order valence-electron chi connectivity index (χ4n) is 1.97. The van der Waals surface area contributed by atoms with E-state index in [-0.39, 0.29) is 12.1 Å². The third-order valence-corrected chi connectivity index (χ3v) is 2.79. The zero-order chi connectivity index (χ0) is 14.8. The van der Waals surface area contributed by atoms with Crippen LogP contribution in [0.2, 0.25) is 0 Å². The molecule has 7 heteroatoms. The molecule has 0 aliphatic carbocycles. The van der Waals surface area contributed by atoms with Crippen LogP contribution < -0.4 is 15.8 Å². The van der Waals surface area contributed by atoms with Crippen molar-refractivity contribution in [2.24, 2.45) is 0 Å². The number of hydrogen-bond donors (Lipinski definition) is 3. The number of rotatable bonds is 4. The molecule has 7 nitrogen and oxygen atoms in total. The number of nitrogens with two attached hydrogens (primary N) is 1. The number of nitrogens with one attached hydrogen (secondary N) is 2. The van der Waals surface area contributed by atoms with Gasteiger partial charge in [0.2, 0.25) is 5.95 Å². The number of anilines is 3. The van der Waals surface area contributed by atoms with Crippen molar-refractivity contribution in [3.63, 3.8) is 0 Å². The van der Waals surface area contributed by atoms with Crippen LogP contribution in [0.4, 0.5) is 17.5 Å². The SMILES string of the molecule is CC(C)Oc1ccc(Nc2nc(N)nc3nc[nH]c23)cc1. The number of nitrogen functional groups attached to an aromatic ring is 1.